The SMILES string of the molecule is CCOC(=O)Cc1csc(NN=Cc2cc(O)c(Br)cc2Br)n1. The quantitative estimate of drug-likeness (QED) is 0.386. The first-order valence-corrected chi connectivity index (χ1v) is 9.03. The Bertz CT molecular complexity index is 734. The predicted octanol–water partition coefficient (Wildman–Crippen LogP) is 3.93. The molecule has 1 aromatic carbocycles. The standard InChI is InChI=1S/C14H13Br2N3O3S/c1-2-22-13(21)4-9-7-23-14(18-9)19-17-6-8-3-12(20)11(16)5-10(8)15/h3,5-7,20H,2,4H2,1H3,(H,18,19). The Kier molecular flexibility index (Phi) is 6.55. The van der Waals surface area contributed by atoms with Crippen LogP contribution in [0.1, 0.15) is 18.2 Å². The molecule has 6 nitrogen and oxygen atoms in total. The van der Waals surface area contributed by atoms with Crippen molar-refractivity contribution in [3.05, 3.63) is 37.7 Å². The van der Waals surface area contributed by atoms with Crippen LogP contribution in [-0.4, -0.2) is 28.9 Å². The van der Waals surface area contributed by atoms with E-state index in [2.05, 4.69) is 47.4 Å². The molecule has 0 atom stereocenters. The van der Waals surface area contributed by atoms with Crippen LogP contribution in [0.5, 0.6) is 5.75 Å². The van der Waals surface area contributed by atoms with Crippen LogP contribution >= 0.6 is 43.2 Å². The van der Waals surface area contributed by atoms with E-state index in [-0.39, 0.29) is 18.1 Å². The number of phenolic OH excluding ortho intramolecular Hbond substituents is 1. The molecule has 122 valence electrons. The van der Waals surface area contributed by atoms with Crippen LogP contribution in [0.25, 0.3) is 0 Å². The minimum atomic E-state index is -0.304. The predicted molar refractivity (Wildman–Crippen MR) is 97.2 cm³/mol. The third kappa shape index (κ3) is 5.29. The van der Waals surface area contributed by atoms with E-state index in [1.165, 1.54) is 11.3 Å². The Hall–Kier alpha value is -1.45. The molecule has 0 bridgehead atoms. The second-order valence-electron chi connectivity index (χ2n) is 4.32. The summed E-state index contributed by atoms with van der Waals surface area (Å²) in [6, 6.07) is 3.31. The van der Waals surface area contributed by atoms with Crippen molar-refractivity contribution < 1.29 is 14.6 Å². The van der Waals surface area contributed by atoms with Crippen molar-refractivity contribution >= 4 is 60.5 Å². The molecule has 0 fully saturated rings. The average molecular weight is 463 g/mol. The fourth-order valence-corrected chi connectivity index (χ4v) is 3.36. The van der Waals surface area contributed by atoms with Gasteiger partial charge in [-0.15, -0.1) is 11.3 Å². The van der Waals surface area contributed by atoms with E-state index >= 15 is 0 Å². The molecule has 0 aliphatic rings. The molecule has 9 heteroatoms. The molecule has 0 aliphatic heterocycles. The number of nitrogens with zero attached hydrogens (tertiary/aromatic N) is 2. The van der Waals surface area contributed by atoms with E-state index in [0.29, 0.717) is 27.5 Å². The van der Waals surface area contributed by atoms with Gasteiger partial charge in [-0.3, -0.25) is 10.2 Å². The molecule has 0 amide bonds. The number of hydrogen-bond acceptors (Lipinski definition) is 7. The van der Waals surface area contributed by atoms with Gasteiger partial charge >= 0.3 is 5.97 Å². The topological polar surface area (TPSA) is 83.8 Å². The van der Waals surface area contributed by atoms with Crippen molar-refractivity contribution in [1.29, 1.82) is 0 Å². The highest BCUT2D eigenvalue weighted by Crippen LogP contribution is 2.29. The van der Waals surface area contributed by atoms with E-state index < -0.39 is 0 Å². The number of anilines is 1. The number of phenols is 1. The summed E-state index contributed by atoms with van der Waals surface area (Å²) in [6.45, 7) is 2.12. The summed E-state index contributed by atoms with van der Waals surface area (Å²) in [6.07, 6.45) is 1.70. The Labute approximate surface area is 153 Å². The third-order valence-electron chi connectivity index (χ3n) is 2.61. The number of hydrazone groups is 1. The first-order chi connectivity index (χ1) is 11.0. The van der Waals surface area contributed by atoms with Gasteiger partial charge in [-0.05, 0) is 35.0 Å². The largest absolute Gasteiger partial charge is 0.507 e. The van der Waals surface area contributed by atoms with Crippen molar-refractivity contribution in [1.82, 2.24) is 4.98 Å². The van der Waals surface area contributed by atoms with E-state index in [1.807, 2.05) is 0 Å². The fourth-order valence-electron chi connectivity index (χ4n) is 1.61. The third-order valence-corrected chi connectivity index (χ3v) is 4.73. The minimum Gasteiger partial charge on any atom is -0.507 e. The zero-order chi connectivity index (χ0) is 16.8. The highest BCUT2D eigenvalue weighted by Gasteiger charge is 2.08. The van der Waals surface area contributed by atoms with Crippen molar-refractivity contribution in [2.75, 3.05) is 12.0 Å². The van der Waals surface area contributed by atoms with Crippen LogP contribution in [-0.2, 0) is 16.0 Å². The van der Waals surface area contributed by atoms with Gasteiger partial charge in [0.25, 0.3) is 0 Å². The molecule has 0 spiro atoms. The molecular weight excluding hydrogens is 450 g/mol. The highest BCUT2D eigenvalue weighted by molar-refractivity contribution is 9.11. The first kappa shape index (κ1) is 17.9. The van der Waals surface area contributed by atoms with E-state index in [9.17, 15) is 9.90 Å². The molecule has 0 radical (unpaired) electrons. The molecule has 2 aromatic rings. The highest BCUT2D eigenvalue weighted by atomic mass is 79.9. The number of esters is 1. The van der Waals surface area contributed by atoms with Crippen LogP contribution < -0.4 is 5.43 Å². The van der Waals surface area contributed by atoms with Gasteiger partial charge in [-0.1, -0.05) is 15.9 Å². The second kappa shape index (κ2) is 8.42. The Balaban J connectivity index is 1.97. The number of carbonyl (C=O) groups is 1. The van der Waals surface area contributed by atoms with Gasteiger partial charge in [0.05, 0.1) is 29.4 Å². The Morgan fingerprint density at radius 1 is 1.48 bits per heavy atom. The number of benzene rings is 1. The van der Waals surface area contributed by atoms with Crippen molar-refractivity contribution in [3.63, 3.8) is 0 Å². The van der Waals surface area contributed by atoms with Crippen molar-refractivity contribution in [2.45, 2.75) is 13.3 Å². The number of thiazole rings is 1. The van der Waals surface area contributed by atoms with Crippen LogP contribution in [0.15, 0.2) is 31.6 Å². The molecule has 23 heavy (non-hydrogen) atoms. The summed E-state index contributed by atoms with van der Waals surface area (Å²) in [5.74, 6) is -0.178. The summed E-state index contributed by atoms with van der Waals surface area (Å²) in [4.78, 5) is 15.6. The van der Waals surface area contributed by atoms with Gasteiger partial charge < -0.3 is 9.84 Å². The molecular formula is C14H13Br2N3O3S. The molecule has 0 aliphatic carbocycles. The molecule has 2 N–H and O–H groups in total. The minimum absolute atomic E-state index is 0.126. The van der Waals surface area contributed by atoms with Gasteiger partial charge in [0, 0.05) is 15.4 Å². The van der Waals surface area contributed by atoms with Gasteiger partial charge in [-0.25, -0.2) is 4.98 Å². The molecule has 0 unspecified atom stereocenters. The lowest BCUT2D eigenvalue weighted by Gasteiger charge is -2.02. The van der Waals surface area contributed by atoms with Crippen molar-refractivity contribution in [3.8, 4) is 5.75 Å². The number of hydrogen-bond donors (Lipinski definition) is 2. The monoisotopic (exact) mass is 461 g/mol. The summed E-state index contributed by atoms with van der Waals surface area (Å²) < 4.78 is 6.25. The van der Waals surface area contributed by atoms with Crippen molar-refractivity contribution in [2.24, 2.45) is 5.10 Å². The lowest BCUT2D eigenvalue weighted by atomic mass is 10.2. The number of aromatic hydroxyl groups is 1. The lowest BCUT2D eigenvalue weighted by Crippen LogP contribution is -2.07. The number of aromatic nitrogens is 1. The van der Waals surface area contributed by atoms with E-state index in [0.717, 1.165) is 4.47 Å². The zero-order valence-corrected chi connectivity index (χ0v) is 16.0. The van der Waals surface area contributed by atoms with E-state index in [4.69, 9.17) is 4.74 Å². The Morgan fingerprint density at radius 2 is 2.26 bits per heavy atom. The van der Waals surface area contributed by atoms with Gasteiger partial charge in [0.15, 0.2) is 0 Å². The maximum absolute atomic E-state index is 11.4. The summed E-state index contributed by atoms with van der Waals surface area (Å²) in [5, 5.41) is 16.1. The van der Waals surface area contributed by atoms with Gasteiger partial charge in [0.2, 0.25) is 5.13 Å². The van der Waals surface area contributed by atoms with Crippen LogP contribution in [0.2, 0.25) is 0 Å². The Morgan fingerprint density at radius 3 is 3.00 bits per heavy atom. The second-order valence-corrected chi connectivity index (χ2v) is 6.89. The zero-order valence-electron chi connectivity index (χ0n) is 12.0. The number of halogens is 2. The molecule has 0 saturated heterocycles. The molecule has 1 heterocycles. The van der Waals surface area contributed by atoms with Crippen LogP contribution in [0.3, 0.4) is 0 Å². The first-order valence-electron chi connectivity index (χ1n) is 6.56. The van der Waals surface area contributed by atoms with E-state index in [1.54, 1.807) is 30.7 Å². The molecule has 0 saturated carbocycles. The smallest absolute Gasteiger partial charge is 0.311 e. The molecule has 2 rings (SSSR count). The molecule has 1 aromatic heterocycles. The maximum Gasteiger partial charge on any atom is 0.311 e. The van der Waals surface area contributed by atoms with Crippen LogP contribution in [0.4, 0.5) is 5.13 Å². The lowest BCUT2D eigenvalue weighted by molar-refractivity contribution is -0.142. The summed E-state index contributed by atoms with van der Waals surface area (Å²) in [5.41, 5.74) is 4.13. The maximum atomic E-state index is 11.4. The normalized spacial score (nSPS) is 10.9. The van der Waals surface area contributed by atoms with Gasteiger partial charge in [-0.2, -0.15) is 5.10 Å². The fraction of sp³-hybridized carbons (Fsp3) is 0.214. The average Bonchev–Trinajstić information content (AvgIpc) is 2.92. The van der Waals surface area contributed by atoms with Crippen LogP contribution in [0, 0.1) is 0 Å². The number of carbonyl (C=O) groups excluding carboxylic acids is 1. The number of nitrogens with one attached hydrogen (secondary N) is 1. The number of ether oxygens (including phenoxy) is 1. The summed E-state index contributed by atoms with van der Waals surface area (Å²) in [7, 11) is 0. The summed E-state index contributed by atoms with van der Waals surface area (Å²) >= 11 is 7.96. The van der Waals surface area contributed by atoms with Gasteiger partial charge in [0.1, 0.15) is 5.75 Å². The number of rotatable bonds is 6.